The normalized spacial score (nSPS) is 19.4. The molecule has 8 heteroatoms. The molecule has 2 aromatic carbocycles. The summed E-state index contributed by atoms with van der Waals surface area (Å²) in [7, 11) is 0. The van der Waals surface area contributed by atoms with Gasteiger partial charge in [0.2, 0.25) is 5.91 Å². The number of amidine groups is 1. The van der Waals surface area contributed by atoms with Crippen molar-refractivity contribution in [2.24, 2.45) is 10.2 Å². The van der Waals surface area contributed by atoms with Crippen LogP contribution in [0, 0.1) is 6.92 Å². The SMILES string of the molecule is Cc1ccc(N2C(=O)CS/C2=N\N=C2\C(=O)Nc3ccc(Br)cc32)cc1. The van der Waals surface area contributed by atoms with E-state index in [1.54, 1.807) is 6.07 Å². The first-order valence-corrected chi connectivity index (χ1v) is 9.60. The van der Waals surface area contributed by atoms with Crippen molar-refractivity contribution in [1.82, 2.24) is 0 Å². The molecule has 1 fully saturated rings. The highest BCUT2D eigenvalue weighted by Gasteiger charge is 2.31. The van der Waals surface area contributed by atoms with Crippen molar-refractivity contribution in [3.8, 4) is 0 Å². The Hall–Kier alpha value is -2.45. The Bertz CT molecular complexity index is 985. The monoisotopic (exact) mass is 428 g/mol. The molecule has 2 amide bonds. The molecule has 0 atom stereocenters. The maximum Gasteiger partial charge on any atom is 0.276 e. The fraction of sp³-hybridized carbons (Fsp3) is 0.111. The van der Waals surface area contributed by atoms with Gasteiger partial charge in [0, 0.05) is 10.0 Å². The summed E-state index contributed by atoms with van der Waals surface area (Å²) in [6, 6.07) is 13.1. The lowest BCUT2D eigenvalue weighted by molar-refractivity contribution is -0.115. The van der Waals surface area contributed by atoms with E-state index >= 15 is 0 Å². The Balaban J connectivity index is 1.71. The molecule has 2 aliphatic heterocycles. The Morgan fingerprint density at radius 3 is 2.65 bits per heavy atom. The summed E-state index contributed by atoms with van der Waals surface area (Å²) < 4.78 is 0.847. The molecule has 4 rings (SSSR count). The number of hydrogen-bond donors (Lipinski definition) is 1. The topological polar surface area (TPSA) is 74.1 Å². The predicted molar refractivity (Wildman–Crippen MR) is 108 cm³/mol. The highest BCUT2D eigenvalue weighted by molar-refractivity contribution is 9.10. The summed E-state index contributed by atoms with van der Waals surface area (Å²) >= 11 is 4.70. The molecular formula is C18H13BrN4O2S. The second-order valence-corrected chi connectivity index (χ2v) is 7.69. The van der Waals surface area contributed by atoms with E-state index in [0.29, 0.717) is 22.2 Å². The third kappa shape index (κ3) is 3.06. The van der Waals surface area contributed by atoms with E-state index < -0.39 is 0 Å². The largest absolute Gasteiger partial charge is 0.320 e. The molecule has 2 heterocycles. The van der Waals surface area contributed by atoms with E-state index in [0.717, 1.165) is 15.7 Å². The van der Waals surface area contributed by atoms with Crippen LogP contribution in [0.25, 0.3) is 0 Å². The number of nitrogens with zero attached hydrogens (tertiary/aromatic N) is 3. The quantitative estimate of drug-likeness (QED) is 0.743. The van der Waals surface area contributed by atoms with E-state index in [1.165, 1.54) is 16.7 Å². The molecule has 0 unspecified atom stereocenters. The van der Waals surface area contributed by atoms with Gasteiger partial charge in [-0.15, -0.1) is 10.2 Å². The van der Waals surface area contributed by atoms with E-state index in [-0.39, 0.29) is 17.5 Å². The number of rotatable bonds is 2. The molecule has 26 heavy (non-hydrogen) atoms. The van der Waals surface area contributed by atoms with Crippen molar-refractivity contribution in [1.29, 1.82) is 0 Å². The maximum absolute atomic E-state index is 12.3. The second kappa shape index (κ2) is 6.69. The Kier molecular flexibility index (Phi) is 4.37. The number of amides is 2. The standard InChI is InChI=1S/C18H13BrN4O2S/c1-10-2-5-12(6-3-10)23-15(24)9-26-18(23)22-21-16-13-8-11(19)4-7-14(13)20-17(16)25/h2-8H,9H2,1H3,(H,20,21,25)/b22-18-. The minimum absolute atomic E-state index is 0.0585. The van der Waals surface area contributed by atoms with Crippen LogP contribution >= 0.6 is 27.7 Å². The smallest absolute Gasteiger partial charge is 0.276 e. The molecule has 1 saturated heterocycles. The third-order valence-electron chi connectivity index (χ3n) is 3.99. The first-order valence-electron chi connectivity index (χ1n) is 7.82. The van der Waals surface area contributed by atoms with Gasteiger partial charge in [-0.25, -0.2) is 0 Å². The lowest BCUT2D eigenvalue weighted by Crippen LogP contribution is -2.29. The van der Waals surface area contributed by atoms with Crippen molar-refractivity contribution in [2.45, 2.75) is 6.92 Å². The van der Waals surface area contributed by atoms with Crippen LogP contribution in [0.3, 0.4) is 0 Å². The third-order valence-corrected chi connectivity index (χ3v) is 5.40. The summed E-state index contributed by atoms with van der Waals surface area (Å²) in [5.74, 6) is -0.0678. The number of nitrogens with one attached hydrogen (secondary N) is 1. The Morgan fingerprint density at radius 2 is 1.88 bits per heavy atom. The molecule has 2 aromatic rings. The van der Waals surface area contributed by atoms with E-state index in [4.69, 9.17) is 0 Å². The zero-order chi connectivity index (χ0) is 18.3. The van der Waals surface area contributed by atoms with E-state index in [1.807, 2.05) is 43.3 Å². The van der Waals surface area contributed by atoms with Crippen molar-refractivity contribution < 1.29 is 9.59 Å². The van der Waals surface area contributed by atoms with Gasteiger partial charge in [0.05, 0.1) is 17.1 Å². The number of fused-ring (bicyclic) bond motifs is 1. The van der Waals surface area contributed by atoms with Gasteiger partial charge in [0.1, 0.15) is 0 Å². The zero-order valence-corrected chi connectivity index (χ0v) is 16.1. The average molecular weight is 429 g/mol. The summed E-state index contributed by atoms with van der Waals surface area (Å²) in [5.41, 5.74) is 3.46. The minimum Gasteiger partial charge on any atom is -0.320 e. The lowest BCUT2D eigenvalue weighted by Gasteiger charge is -2.15. The minimum atomic E-state index is -0.307. The molecule has 6 nitrogen and oxygen atoms in total. The zero-order valence-electron chi connectivity index (χ0n) is 13.7. The van der Waals surface area contributed by atoms with Gasteiger partial charge in [0.15, 0.2) is 10.9 Å². The molecule has 2 aliphatic rings. The van der Waals surface area contributed by atoms with E-state index in [9.17, 15) is 9.59 Å². The number of aryl methyl sites for hydroxylation is 1. The molecule has 0 spiro atoms. The maximum atomic E-state index is 12.3. The second-order valence-electron chi connectivity index (χ2n) is 5.83. The van der Waals surface area contributed by atoms with E-state index in [2.05, 4.69) is 31.4 Å². The van der Waals surface area contributed by atoms with Crippen molar-refractivity contribution in [3.63, 3.8) is 0 Å². The van der Waals surface area contributed by atoms with Crippen LogP contribution in [0.4, 0.5) is 11.4 Å². The molecule has 0 radical (unpaired) electrons. The van der Waals surface area contributed by atoms with Crippen molar-refractivity contribution in [2.75, 3.05) is 16.0 Å². The van der Waals surface area contributed by atoms with Crippen LogP contribution < -0.4 is 10.2 Å². The van der Waals surface area contributed by atoms with Gasteiger partial charge in [-0.2, -0.15) is 0 Å². The first kappa shape index (κ1) is 17.0. The van der Waals surface area contributed by atoms with Gasteiger partial charge in [0.25, 0.3) is 5.91 Å². The van der Waals surface area contributed by atoms with Gasteiger partial charge in [-0.3, -0.25) is 14.5 Å². The number of thioether (sulfide) groups is 1. The molecule has 0 aliphatic carbocycles. The Labute approximate surface area is 162 Å². The molecule has 0 aromatic heterocycles. The number of carbonyl (C=O) groups is 2. The summed E-state index contributed by atoms with van der Waals surface area (Å²) in [5, 5.41) is 11.6. The number of carbonyl (C=O) groups excluding carboxylic acids is 2. The highest BCUT2D eigenvalue weighted by Crippen LogP contribution is 2.29. The summed E-state index contributed by atoms with van der Waals surface area (Å²) in [4.78, 5) is 26.0. The fourth-order valence-corrected chi connectivity index (χ4v) is 3.88. The van der Waals surface area contributed by atoms with Crippen LogP contribution in [0.1, 0.15) is 11.1 Å². The van der Waals surface area contributed by atoms with Crippen LogP contribution in [0.5, 0.6) is 0 Å². The lowest BCUT2D eigenvalue weighted by atomic mass is 10.1. The highest BCUT2D eigenvalue weighted by atomic mass is 79.9. The Morgan fingerprint density at radius 1 is 1.12 bits per heavy atom. The summed E-state index contributed by atoms with van der Waals surface area (Å²) in [6.07, 6.45) is 0. The number of anilines is 2. The number of benzene rings is 2. The predicted octanol–water partition coefficient (Wildman–Crippen LogP) is 3.55. The van der Waals surface area contributed by atoms with Gasteiger partial charge < -0.3 is 5.32 Å². The van der Waals surface area contributed by atoms with Crippen LogP contribution in [0.15, 0.2) is 57.1 Å². The van der Waals surface area contributed by atoms with Crippen LogP contribution in [0.2, 0.25) is 0 Å². The van der Waals surface area contributed by atoms with Gasteiger partial charge in [-0.05, 0) is 37.3 Å². The molecule has 130 valence electrons. The molecule has 0 saturated carbocycles. The van der Waals surface area contributed by atoms with Crippen LogP contribution in [-0.4, -0.2) is 28.4 Å². The first-order chi connectivity index (χ1) is 12.5. The number of halogens is 1. The fourth-order valence-electron chi connectivity index (χ4n) is 2.70. The van der Waals surface area contributed by atoms with Gasteiger partial charge in [-0.1, -0.05) is 45.4 Å². The average Bonchev–Trinajstić information content (AvgIpc) is 3.13. The summed E-state index contributed by atoms with van der Waals surface area (Å²) in [6.45, 7) is 1.99. The van der Waals surface area contributed by atoms with Crippen molar-refractivity contribution in [3.05, 3.63) is 58.1 Å². The van der Waals surface area contributed by atoms with Crippen molar-refractivity contribution >= 4 is 61.8 Å². The molecule has 0 bridgehead atoms. The molecule has 1 N–H and O–H groups in total. The van der Waals surface area contributed by atoms with Crippen LogP contribution in [-0.2, 0) is 9.59 Å². The number of hydrogen-bond acceptors (Lipinski definition) is 5. The molecular weight excluding hydrogens is 416 g/mol. The van der Waals surface area contributed by atoms with Gasteiger partial charge >= 0.3 is 0 Å².